The van der Waals surface area contributed by atoms with Crippen molar-refractivity contribution in [3.63, 3.8) is 0 Å². The van der Waals surface area contributed by atoms with E-state index in [0.29, 0.717) is 5.56 Å². The number of sulfonamides is 1. The van der Waals surface area contributed by atoms with Crippen LogP contribution >= 0.6 is 0 Å². The molecule has 0 atom stereocenters. The lowest BCUT2D eigenvalue weighted by atomic mass is 9.96. The van der Waals surface area contributed by atoms with E-state index in [-0.39, 0.29) is 10.6 Å². The summed E-state index contributed by atoms with van der Waals surface area (Å²) in [7, 11) is -3.62. The zero-order valence-corrected chi connectivity index (χ0v) is 9.54. The molecule has 0 fully saturated rings. The largest absolute Gasteiger partial charge is 0.270 e. The summed E-state index contributed by atoms with van der Waals surface area (Å²) < 4.78 is 25.9. The number of nitro groups is 1. The summed E-state index contributed by atoms with van der Waals surface area (Å²) in [6.07, 6.45) is 0. The number of hydrogen-bond acceptors (Lipinski definition) is 4. The molecule has 16 heavy (non-hydrogen) atoms. The number of hydrogen-bond donors (Lipinski definition) is 1. The Kier molecular flexibility index (Phi) is 2.08. The van der Waals surface area contributed by atoms with Crippen LogP contribution in [0.2, 0.25) is 0 Å². The average Bonchev–Trinajstić information content (AvgIpc) is 2.32. The van der Waals surface area contributed by atoms with Crippen LogP contribution < -0.4 is 4.72 Å². The molecule has 1 aromatic carbocycles. The van der Waals surface area contributed by atoms with Crippen LogP contribution in [0, 0.1) is 10.1 Å². The van der Waals surface area contributed by atoms with Crippen LogP contribution in [-0.4, -0.2) is 13.3 Å². The Bertz CT molecular complexity index is 577. The molecule has 1 N–H and O–H groups in total. The number of rotatable bonds is 1. The molecule has 0 unspecified atom stereocenters. The highest BCUT2D eigenvalue weighted by molar-refractivity contribution is 7.89. The molecule has 6 nitrogen and oxygen atoms in total. The van der Waals surface area contributed by atoms with Crippen molar-refractivity contribution in [3.8, 4) is 0 Å². The Balaban J connectivity index is 2.73. The molecule has 0 spiro atoms. The highest BCUT2D eigenvalue weighted by Crippen LogP contribution is 2.36. The van der Waals surface area contributed by atoms with Crippen molar-refractivity contribution in [3.05, 3.63) is 33.9 Å². The van der Waals surface area contributed by atoms with E-state index in [1.54, 1.807) is 13.8 Å². The highest BCUT2D eigenvalue weighted by atomic mass is 32.2. The standard InChI is InChI=1S/C9H10N2O4S/c1-9(2)7-4-3-6(11(12)13)5-8(7)16(14,15)10-9/h3-5,10H,1-2H3. The molecular formula is C9H10N2O4S. The van der Waals surface area contributed by atoms with Gasteiger partial charge in [0.15, 0.2) is 0 Å². The number of fused-ring (bicyclic) bond motifs is 1. The quantitative estimate of drug-likeness (QED) is 0.590. The normalized spacial score (nSPS) is 20.4. The van der Waals surface area contributed by atoms with Crippen LogP contribution in [0.15, 0.2) is 23.1 Å². The fraction of sp³-hybridized carbons (Fsp3) is 0.333. The van der Waals surface area contributed by atoms with Gasteiger partial charge in [-0.25, -0.2) is 13.1 Å². The summed E-state index contributed by atoms with van der Waals surface area (Å²) in [5, 5.41) is 10.6. The van der Waals surface area contributed by atoms with Gasteiger partial charge in [-0.15, -0.1) is 0 Å². The highest BCUT2D eigenvalue weighted by Gasteiger charge is 2.40. The summed E-state index contributed by atoms with van der Waals surface area (Å²) in [5.41, 5.74) is -0.386. The molecule has 0 bridgehead atoms. The summed E-state index contributed by atoms with van der Waals surface area (Å²) in [4.78, 5) is 9.95. The van der Waals surface area contributed by atoms with Gasteiger partial charge in [0.1, 0.15) is 0 Å². The van der Waals surface area contributed by atoms with Gasteiger partial charge < -0.3 is 0 Å². The molecule has 86 valence electrons. The molecule has 2 rings (SSSR count). The number of nitro benzene ring substituents is 1. The maximum atomic E-state index is 11.7. The summed E-state index contributed by atoms with van der Waals surface area (Å²) in [5.74, 6) is 0. The lowest BCUT2D eigenvalue weighted by Gasteiger charge is -2.16. The lowest BCUT2D eigenvalue weighted by molar-refractivity contribution is -0.385. The fourth-order valence-corrected chi connectivity index (χ4v) is 3.59. The van der Waals surface area contributed by atoms with Crippen LogP contribution in [-0.2, 0) is 15.6 Å². The van der Waals surface area contributed by atoms with E-state index in [1.165, 1.54) is 12.1 Å². The second-order valence-corrected chi connectivity index (χ2v) is 5.82. The molecular weight excluding hydrogens is 232 g/mol. The van der Waals surface area contributed by atoms with Gasteiger partial charge in [-0.1, -0.05) is 0 Å². The molecule has 0 amide bonds. The van der Waals surface area contributed by atoms with Gasteiger partial charge in [-0.2, -0.15) is 0 Å². The van der Waals surface area contributed by atoms with Crippen molar-refractivity contribution >= 4 is 15.7 Å². The molecule has 0 radical (unpaired) electrons. The van der Waals surface area contributed by atoms with Crippen LogP contribution in [0.1, 0.15) is 19.4 Å². The average molecular weight is 242 g/mol. The van der Waals surface area contributed by atoms with E-state index in [2.05, 4.69) is 4.72 Å². The minimum absolute atomic E-state index is 0.00769. The third-order valence-electron chi connectivity index (χ3n) is 2.53. The minimum Gasteiger partial charge on any atom is -0.258 e. The Morgan fingerprint density at radius 1 is 1.38 bits per heavy atom. The van der Waals surface area contributed by atoms with Crippen molar-refractivity contribution in [2.24, 2.45) is 0 Å². The lowest BCUT2D eigenvalue weighted by Crippen LogP contribution is -2.32. The molecule has 0 saturated heterocycles. The maximum absolute atomic E-state index is 11.7. The van der Waals surface area contributed by atoms with E-state index < -0.39 is 20.5 Å². The predicted molar refractivity (Wildman–Crippen MR) is 56.4 cm³/mol. The van der Waals surface area contributed by atoms with E-state index in [9.17, 15) is 18.5 Å². The maximum Gasteiger partial charge on any atom is 0.270 e. The Labute approximate surface area is 92.5 Å². The van der Waals surface area contributed by atoms with E-state index in [0.717, 1.165) is 6.07 Å². The van der Waals surface area contributed by atoms with Gasteiger partial charge >= 0.3 is 0 Å². The van der Waals surface area contributed by atoms with Gasteiger partial charge in [-0.05, 0) is 25.5 Å². The Morgan fingerprint density at radius 2 is 2.00 bits per heavy atom. The first kappa shape index (κ1) is 11.0. The van der Waals surface area contributed by atoms with Crippen LogP contribution in [0.3, 0.4) is 0 Å². The van der Waals surface area contributed by atoms with Gasteiger partial charge in [0.2, 0.25) is 10.0 Å². The first-order valence-corrected chi connectivity index (χ1v) is 6.05. The summed E-state index contributed by atoms with van der Waals surface area (Å²) in [6, 6.07) is 3.88. The van der Waals surface area contributed by atoms with Crippen LogP contribution in [0.5, 0.6) is 0 Å². The van der Waals surface area contributed by atoms with Crippen LogP contribution in [0.25, 0.3) is 0 Å². The van der Waals surface area contributed by atoms with Crippen molar-refractivity contribution in [1.29, 1.82) is 0 Å². The zero-order valence-electron chi connectivity index (χ0n) is 8.72. The van der Waals surface area contributed by atoms with Crippen LogP contribution in [0.4, 0.5) is 5.69 Å². The summed E-state index contributed by atoms with van der Waals surface area (Å²) >= 11 is 0. The van der Waals surface area contributed by atoms with E-state index in [1.807, 2.05) is 0 Å². The predicted octanol–water partition coefficient (Wildman–Crippen LogP) is 1.12. The number of benzene rings is 1. The van der Waals surface area contributed by atoms with Crippen molar-refractivity contribution < 1.29 is 13.3 Å². The SMILES string of the molecule is CC1(C)NS(=O)(=O)c2cc([N+](=O)[O-])ccc21. The third-order valence-corrected chi connectivity index (χ3v) is 4.22. The number of non-ortho nitro benzene ring substituents is 1. The van der Waals surface area contributed by atoms with Crippen molar-refractivity contribution in [2.45, 2.75) is 24.3 Å². The molecule has 1 aromatic rings. The van der Waals surface area contributed by atoms with Gasteiger partial charge in [-0.3, -0.25) is 10.1 Å². The molecule has 0 aliphatic carbocycles. The van der Waals surface area contributed by atoms with E-state index in [4.69, 9.17) is 0 Å². The molecule has 1 aliphatic heterocycles. The van der Waals surface area contributed by atoms with Gasteiger partial charge in [0.25, 0.3) is 5.69 Å². The van der Waals surface area contributed by atoms with E-state index >= 15 is 0 Å². The van der Waals surface area contributed by atoms with Crippen molar-refractivity contribution in [2.75, 3.05) is 0 Å². The van der Waals surface area contributed by atoms with Gasteiger partial charge in [0.05, 0.1) is 15.4 Å². The monoisotopic (exact) mass is 242 g/mol. The minimum atomic E-state index is -3.62. The van der Waals surface area contributed by atoms with Crippen molar-refractivity contribution in [1.82, 2.24) is 4.72 Å². The fourth-order valence-electron chi connectivity index (χ4n) is 1.81. The summed E-state index contributed by atoms with van der Waals surface area (Å²) in [6.45, 7) is 3.42. The van der Waals surface area contributed by atoms with Gasteiger partial charge in [0, 0.05) is 12.1 Å². The molecule has 0 saturated carbocycles. The molecule has 7 heteroatoms. The topological polar surface area (TPSA) is 89.3 Å². The first-order chi connectivity index (χ1) is 7.24. The molecule has 1 heterocycles. The Hall–Kier alpha value is -1.47. The smallest absolute Gasteiger partial charge is 0.258 e. The second kappa shape index (κ2) is 3.02. The molecule has 0 aromatic heterocycles. The number of nitrogens with zero attached hydrogens (tertiary/aromatic N) is 1. The Morgan fingerprint density at radius 3 is 2.56 bits per heavy atom. The third kappa shape index (κ3) is 1.48. The number of nitrogens with one attached hydrogen (secondary N) is 1. The molecule has 1 aliphatic rings. The second-order valence-electron chi connectivity index (χ2n) is 4.17. The zero-order chi connectivity index (χ0) is 12.1. The first-order valence-electron chi connectivity index (χ1n) is 4.57.